The summed E-state index contributed by atoms with van der Waals surface area (Å²) in [5, 5.41) is 6.41. The zero-order valence-corrected chi connectivity index (χ0v) is 15.0. The lowest BCUT2D eigenvalue weighted by Crippen LogP contribution is -2.32. The average Bonchev–Trinajstić information content (AvgIpc) is 3.33. The zero-order valence-electron chi connectivity index (χ0n) is 15.0. The fourth-order valence-corrected chi connectivity index (χ4v) is 4.68. The highest BCUT2D eigenvalue weighted by atomic mass is 16.5. The minimum atomic E-state index is 0.0361. The van der Waals surface area contributed by atoms with E-state index >= 15 is 0 Å². The molecule has 2 aliphatic heterocycles. The second-order valence-corrected chi connectivity index (χ2v) is 8.41. The van der Waals surface area contributed by atoms with Crippen LogP contribution in [0.2, 0.25) is 0 Å². The van der Waals surface area contributed by atoms with E-state index in [1.54, 1.807) is 7.11 Å². The predicted molar refractivity (Wildman–Crippen MR) is 91.9 cm³/mol. The molecule has 0 radical (unpaired) electrons. The molecule has 5 fully saturated rings. The molecule has 25 heavy (non-hydrogen) atoms. The predicted octanol–water partition coefficient (Wildman–Crippen LogP) is 0.603. The fraction of sp³-hybridized carbons (Fsp3) is 0.895. The number of carbonyl (C=O) groups excluding carboxylic acids is 2. The van der Waals surface area contributed by atoms with E-state index in [0.717, 1.165) is 31.9 Å². The molecule has 0 aromatic rings. The molecule has 0 bridgehead atoms. The summed E-state index contributed by atoms with van der Waals surface area (Å²) in [5.41, 5.74) is 0. The van der Waals surface area contributed by atoms with Gasteiger partial charge in [-0.2, -0.15) is 0 Å². The van der Waals surface area contributed by atoms with Crippen LogP contribution in [0.5, 0.6) is 0 Å². The SMILES string of the molecule is COCC1CCC(COC(=O)C2C3CNC32)CC1.O=CC1C2CNC12. The lowest BCUT2D eigenvalue weighted by atomic mass is 9.83. The van der Waals surface area contributed by atoms with Gasteiger partial charge in [-0.15, -0.1) is 0 Å². The van der Waals surface area contributed by atoms with Gasteiger partial charge in [0.25, 0.3) is 0 Å². The quantitative estimate of drug-likeness (QED) is 0.540. The molecule has 2 N–H and O–H groups in total. The Morgan fingerprint density at radius 3 is 1.96 bits per heavy atom. The van der Waals surface area contributed by atoms with Gasteiger partial charge in [0.15, 0.2) is 0 Å². The molecule has 6 heteroatoms. The molecule has 2 heterocycles. The smallest absolute Gasteiger partial charge is 0.310 e. The Morgan fingerprint density at radius 1 is 1.00 bits per heavy atom. The first-order chi connectivity index (χ1) is 12.2. The van der Waals surface area contributed by atoms with Gasteiger partial charge in [-0.05, 0) is 43.4 Å². The molecule has 6 atom stereocenters. The Labute approximate surface area is 149 Å². The maximum Gasteiger partial charge on any atom is 0.310 e. The maximum atomic E-state index is 11.8. The van der Waals surface area contributed by atoms with Crippen LogP contribution in [0, 0.1) is 35.5 Å². The Morgan fingerprint density at radius 2 is 1.56 bits per heavy atom. The standard InChI is InChI=1S/C14H23NO3.C5H7NO/c1-17-7-9-2-4-10(5-3-9)8-18-14(16)12-11-6-15-13(11)12;7-2-4-3-1-6-5(3)4/h9-13,15H,2-8H2,1H3;2-6H,1H2. The maximum absolute atomic E-state index is 11.8. The topological polar surface area (TPSA) is 76.7 Å². The number of esters is 1. The normalized spacial score (nSPS) is 45.3. The van der Waals surface area contributed by atoms with Crippen molar-refractivity contribution in [2.75, 3.05) is 33.4 Å². The first-order valence-corrected chi connectivity index (χ1v) is 9.80. The van der Waals surface area contributed by atoms with Crippen molar-refractivity contribution in [3.05, 3.63) is 0 Å². The molecule has 0 amide bonds. The summed E-state index contributed by atoms with van der Waals surface area (Å²) in [6.07, 6.45) is 5.85. The van der Waals surface area contributed by atoms with E-state index in [1.165, 1.54) is 25.7 Å². The van der Waals surface area contributed by atoms with Crippen LogP contribution < -0.4 is 10.6 Å². The summed E-state index contributed by atoms with van der Waals surface area (Å²) in [4.78, 5) is 21.8. The second kappa shape index (κ2) is 7.33. The monoisotopic (exact) mass is 350 g/mol. The van der Waals surface area contributed by atoms with Crippen molar-refractivity contribution in [1.82, 2.24) is 10.6 Å². The van der Waals surface area contributed by atoms with E-state index in [-0.39, 0.29) is 11.9 Å². The van der Waals surface area contributed by atoms with Crippen LogP contribution in [-0.2, 0) is 19.1 Å². The molecule has 2 saturated heterocycles. The summed E-state index contributed by atoms with van der Waals surface area (Å²) < 4.78 is 10.7. The highest BCUT2D eigenvalue weighted by molar-refractivity contribution is 5.78. The summed E-state index contributed by atoms with van der Waals surface area (Å²) >= 11 is 0. The number of aldehydes is 1. The fourth-order valence-electron chi connectivity index (χ4n) is 4.68. The van der Waals surface area contributed by atoms with Crippen LogP contribution in [0.3, 0.4) is 0 Å². The molecule has 6 nitrogen and oxygen atoms in total. The lowest BCUT2D eigenvalue weighted by Gasteiger charge is -2.27. The molecule has 3 aliphatic carbocycles. The first kappa shape index (κ1) is 17.4. The minimum absolute atomic E-state index is 0.0361. The first-order valence-electron chi connectivity index (χ1n) is 9.80. The zero-order chi connectivity index (χ0) is 17.4. The number of nitrogens with one attached hydrogen (secondary N) is 2. The third-order valence-corrected chi connectivity index (χ3v) is 6.84. The van der Waals surface area contributed by atoms with Crippen LogP contribution in [-0.4, -0.2) is 57.8 Å². The van der Waals surface area contributed by atoms with Crippen molar-refractivity contribution < 1.29 is 19.1 Å². The van der Waals surface area contributed by atoms with E-state index in [0.29, 0.717) is 42.4 Å². The van der Waals surface area contributed by atoms with E-state index in [1.807, 2.05) is 0 Å². The molecule has 3 saturated carbocycles. The highest BCUT2D eigenvalue weighted by Crippen LogP contribution is 2.46. The highest BCUT2D eigenvalue weighted by Gasteiger charge is 2.61. The van der Waals surface area contributed by atoms with Crippen LogP contribution in [0.4, 0.5) is 0 Å². The molecule has 5 rings (SSSR count). The van der Waals surface area contributed by atoms with Crippen LogP contribution >= 0.6 is 0 Å². The summed E-state index contributed by atoms with van der Waals surface area (Å²) in [7, 11) is 1.77. The Bertz CT molecular complexity index is 486. The van der Waals surface area contributed by atoms with Gasteiger partial charge in [0.1, 0.15) is 6.29 Å². The Hall–Kier alpha value is -0.980. The molecule has 0 aromatic heterocycles. The minimum Gasteiger partial charge on any atom is -0.465 e. The van der Waals surface area contributed by atoms with Gasteiger partial charge in [0.05, 0.1) is 12.5 Å². The number of hydrogen-bond acceptors (Lipinski definition) is 6. The summed E-state index contributed by atoms with van der Waals surface area (Å²) in [6, 6.07) is 1.05. The molecule has 5 aliphatic rings. The molecule has 6 unspecified atom stereocenters. The van der Waals surface area contributed by atoms with Crippen LogP contribution in [0.15, 0.2) is 0 Å². The molecular formula is C19H30N2O4. The van der Waals surface area contributed by atoms with Gasteiger partial charge in [-0.1, -0.05) is 0 Å². The van der Waals surface area contributed by atoms with Gasteiger partial charge >= 0.3 is 5.97 Å². The van der Waals surface area contributed by atoms with Crippen molar-refractivity contribution in [3.63, 3.8) is 0 Å². The third-order valence-electron chi connectivity index (χ3n) is 6.84. The second-order valence-electron chi connectivity index (χ2n) is 8.41. The van der Waals surface area contributed by atoms with Crippen molar-refractivity contribution in [2.45, 2.75) is 37.8 Å². The van der Waals surface area contributed by atoms with Gasteiger partial charge in [0.2, 0.25) is 0 Å². The number of ether oxygens (including phenoxy) is 2. The van der Waals surface area contributed by atoms with Gasteiger partial charge < -0.3 is 24.9 Å². The van der Waals surface area contributed by atoms with Crippen molar-refractivity contribution >= 4 is 12.3 Å². The number of hydrogen-bond donors (Lipinski definition) is 2. The van der Waals surface area contributed by atoms with Gasteiger partial charge in [-0.25, -0.2) is 0 Å². The Kier molecular flexibility index (Phi) is 5.11. The van der Waals surface area contributed by atoms with Crippen molar-refractivity contribution in [3.8, 4) is 0 Å². The van der Waals surface area contributed by atoms with Crippen molar-refractivity contribution in [2.24, 2.45) is 35.5 Å². The molecule has 0 aromatic carbocycles. The van der Waals surface area contributed by atoms with Gasteiger partial charge in [0, 0.05) is 50.7 Å². The van der Waals surface area contributed by atoms with Crippen molar-refractivity contribution in [1.29, 1.82) is 0 Å². The third kappa shape index (κ3) is 3.62. The average molecular weight is 350 g/mol. The number of fused-ring (bicyclic) bond motifs is 2. The molecule has 140 valence electrons. The van der Waals surface area contributed by atoms with Crippen LogP contribution in [0.1, 0.15) is 25.7 Å². The van der Waals surface area contributed by atoms with E-state index in [2.05, 4.69) is 10.6 Å². The molecular weight excluding hydrogens is 320 g/mol. The number of carbonyl (C=O) groups is 2. The summed E-state index contributed by atoms with van der Waals surface area (Å²) in [5.74, 6) is 3.22. The van der Waals surface area contributed by atoms with Crippen LogP contribution in [0.25, 0.3) is 0 Å². The Balaban J connectivity index is 0.000000185. The summed E-state index contributed by atoms with van der Waals surface area (Å²) in [6.45, 7) is 3.60. The lowest BCUT2D eigenvalue weighted by molar-refractivity contribution is -0.147. The van der Waals surface area contributed by atoms with E-state index in [9.17, 15) is 9.59 Å². The molecule has 0 spiro atoms. The number of methoxy groups -OCH3 is 1. The van der Waals surface area contributed by atoms with E-state index < -0.39 is 0 Å². The largest absolute Gasteiger partial charge is 0.465 e. The van der Waals surface area contributed by atoms with Gasteiger partial charge in [-0.3, -0.25) is 4.79 Å². The number of rotatable bonds is 6. The van der Waals surface area contributed by atoms with E-state index in [4.69, 9.17) is 9.47 Å².